The van der Waals surface area contributed by atoms with Gasteiger partial charge in [0.1, 0.15) is 11.7 Å². The van der Waals surface area contributed by atoms with Gasteiger partial charge in [-0.05, 0) is 31.9 Å². The number of amides is 2. The molecule has 35 heavy (non-hydrogen) atoms. The van der Waals surface area contributed by atoms with Crippen molar-refractivity contribution in [2.75, 3.05) is 40.0 Å². The Morgan fingerprint density at radius 1 is 1.29 bits per heavy atom. The average molecular weight is 483 g/mol. The fourth-order valence-electron chi connectivity index (χ4n) is 4.63. The number of aromatic nitrogens is 2. The van der Waals surface area contributed by atoms with E-state index in [4.69, 9.17) is 9.47 Å². The number of ether oxygens (including phenoxy) is 2. The fraction of sp³-hybridized carbons (Fsp3) is 0.538. The van der Waals surface area contributed by atoms with Gasteiger partial charge >= 0.3 is 0 Å². The summed E-state index contributed by atoms with van der Waals surface area (Å²) in [7, 11) is 1.80. The van der Waals surface area contributed by atoms with E-state index in [2.05, 4.69) is 9.97 Å². The summed E-state index contributed by atoms with van der Waals surface area (Å²) in [5, 5.41) is 9.85. The Kier molecular flexibility index (Phi) is 7.97. The standard InChI is InChI=1S/C26H34N4O5/c1-17-14-30(18(2)16-31)26(33)22-11-21(20-5-4-8-27-12-20)13-28-24(22)35-23(17)15-29(3)25(32)19-6-9-34-10-7-19/h4-5,8,11-13,17-19,23,31H,6-7,9-10,14-16H2,1-3H3/t17-,18+,23-/m1/s1. The molecule has 0 spiro atoms. The monoisotopic (exact) mass is 482 g/mol. The molecule has 4 rings (SSSR count). The van der Waals surface area contributed by atoms with E-state index in [9.17, 15) is 14.7 Å². The molecule has 0 saturated carbocycles. The molecular formula is C26H34N4O5. The molecule has 0 aromatic carbocycles. The van der Waals surface area contributed by atoms with E-state index in [0.717, 1.165) is 24.0 Å². The zero-order valence-corrected chi connectivity index (χ0v) is 20.6. The van der Waals surface area contributed by atoms with Gasteiger partial charge < -0.3 is 24.4 Å². The van der Waals surface area contributed by atoms with Crippen molar-refractivity contribution in [3.05, 3.63) is 42.4 Å². The molecule has 2 aliphatic rings. The van der Waals surface area contributed by atoms with Crippen molar-refractivity contribution < 1.29 is 24.2 Å². The Balaban J connectivity index is 1.64. The van der Waals surface area contributed by atoms with Crippen LogP contribution in [0.3, 0.4) is 0 Å². The number of hydrogen-bond donors (Lipinski definition) is 1. The van der Waals surface area contributed by atoms with Crippen molar-refractivity contribution in [1.29, 1.82) is 0 Å². The molecule has 0 radical (unpaired) electrons. The third kappa shape index (κ3) is 5.62. The number of rotatable bonds is 6. The first-order valence-electron chi connectivity index (χ1n) is 12.2. The first-order valence-corrected chi connectivity index (χ1v) is 12.2. The minimum atomic E-state index is -0.375. The van der Waals surface area contributed by atoms with Crippen LogP contribution in [-0.4, -0.2) is 88.8 Å². The quantitative estimate of drug-likeness (QED) is 0.673. The molecule has 0 bridgehead atoms. The molecule has 9 nitrogen and oxygen atoms in total. The number of likely N-dealkylation sites (N-methyl/N-ethyl adjacent to an activating group) is 1. The highest BCUT2D eigenvalue weighted by Gasteiger charge is 2.35. The summed E-state index contributed by atoms with van der Waals surface area (Å²) < 4.78 is 11.7. The van der Waals surface area contributed by atoms with E-state index in [-0.39, 0.29) is 48.3 Å². The van der Waals surface area contributed by atoms with E-state index in [1.807, 2.05) is 26.0 Å². The Morgan fingerprint density at radius 2 is 2.06 bits per heavy atom. The second kappa shape index (κ2) is 11.1. The highest BCUT2D eigenvalue weighted by atomic mass is 16.5. The molecule has 4 heterocycles. The lowest BCUT2D eigenvalue weighted by molar-refractivity contribution is -0.138. The van der Waals surface area contributed by atoms with Gasteiger partial charge in [-0.3, -0.25) is 14.6 Å². The Labute approximate surface area is 206 Å². The van der Waals surface area contributed by atoms with Crippen LogP contribution in [0, 0.1) is 11.8 Å². The van der Waals surface area contributed by atoms with Crippen LogP contribution in [0.25, 0.3) is 11.1 Å². The Morgan fingerprint density at radius 3 is 2.74 bits per heavy atom. The molecule has 3 atom stereocenters. The van der Waals surface area contributed by atoms with E-state index < -0.39 is 0 Å². The zero-order valence-electron chi connectivity index (χ0n) is 20.6. The maximum atomic E-state index is 13.6. The normalized spacial score (nSPS) is 21.9. The minimum Gasteiger partial charge on any atom is -0.472 e. The van der Waals surface area contributed by atoms with Gasteiger partial charge in [-0.25, -0.2) is 4.98 Å². The zero-order chi connectivity index (χ0) is 24.9. The average Bonchev–Trinajstić information content (AvgIpc) is 2.90. The molecule has 188 valence electrons. The number of carbonyl (C=O) groups excluding carboxylic acids is 2. The summed E-state index contributed by atoms with van der Waals surface area (Å²) in [5.74, 6) is -0.0516. The Hall–Kier alpha value is -3.04. The second-order valence-electron chi connectivity index (χ2n) is 9.55. The number of fused-ring (bicyclic) bond motifs is 1. The van der Waals surface area contributed by atoms with Crippen molar-refractivity contribution in [3.63, 3.8) is 0 Å². The maximum absolute atomic E-state index is 13.6. The van der Waals surface area contributed by atoms with Crippen LogP contribution in [0.5, 0.6) is 5.88 Å². The predicted octanol–water partition coefficient (Wildman–Crippen LogP) is 2.25. The van der Waals surface area contributed by atoms with Gasteiger partial charge in [0, 0.05) is 68.4 Å². The van der Waals surface area contributed by atoms with Gasteiger partial charge in [0.15, 0.2) is 0 Å². The molecule has 2 aromatic rings. The summed E-state index contributed by atoms with van der Waals surface area (Å²) >= 11 is 0. The number of aliphatic hydroxyl groups is 1. The van der Waals surface area contributed by atoms with Gasteiger partial charge in [-0.1, -0.05) is 13.0 Å². The molecule has 0 aliphatic carbocycles. The second-order valence-corrected chi connectivity index (χ2v) is 9.55. The van der Waals surface area contributed by atoms with Crippen LogP contribution in [-0.2, 0) is 9.53 Å². The highest BCUT2D eigenvalue weighted by molar-refractivity contribution is 5.98. The number of pyridine rings is 2. The van der Waals surface area contributed by atoms with Gasteiger partial charge in [0.2, 0.25) is 11.8 Å². The molecule has 2 aromatic heterocycles. The number of nitrogens with zero attached hydrogens (tertiary/aromatic N) is 4. The first-order chi connectivity index (χ1) is 16.9. The van der Waals surface area contributed by atoms with Crippen LogP contribution in [0.1, 0.15) is 37.0 Å². The lowest BCUT2D eigenvalue weighted by atomic mass is 9.97. The molecule has 0 unspecified atom stereocenters. The predicted molar refractivity (Wildman–Crippen MR) is 130 cm³/mol. The van der Waals surface area contributed by atoms with Crippen molar-refractivity contribution >= 4 is 11.8 Å². The first kappa shape index (κ1) is 25.1. The lowest BCUT2D eigenvalue weighted by Gasteiger charge is -2.38. The lowest BCUT2D eigenvalue weighted by Crippen LogP contribution is -2.51. The van der Waals surface area contributed by atoms with Crippen LogP contribution in [0.15, 0.2) is 36.8 Å². The molecule has 1 saturated heterocycles. The summed E-state index contributed by atoms with van der Waals surface area (Å²) in [5.41, 5.74) is 1.93. The summed E-state index contributed by atoms with van der Waals surface area (Å²) in [4.78, 5) is 38.7. The van der Waals surface area contributed by atoms with E-state index >= 15 is 0 Å². The van der Waals surface area contributed by atoms with Crippen LogP contribution in [0.4, 0.5) is 0 Å². The minimum absolute atomic E-state index is 0.0439. The molecule has 2 amide bonds. The van der Waals surface area contributed by atoms with E-state index in [1.54, 1.807) is 41.5 Å². The summed E-state index contributed by atoms with van der Waals surface area (Å²) in [6, 6.07) is 5.12. The van der Waals surface area contributed by atoms with Crippen LogP contribution in [0.2, 0.25) is 0 Å². The maximum Gasteiger partial charge on any atom is 0.259 e. The number of hydrogen-bond acceptors (Lipinski definition) is 7. The number of carbonyl (C=O) groups is 2. The van der Waals surface area contributed by atoms with Crippen LogP contribution >= 0.6 is 0 Å². The molecule has 1 N–H and O–H groups in total. The van der Waals surface area contributed by atoms with Crippen molar-refractivity contribution in [2.45, 2.75) is 38.8 Å². The topological polar surface area (TPSA) is 105 Å². The Bertz CT molecular complexity index is 1030. The van der Waals surface area contributed by atoms with Crippen molar-refractivity contribution in [2.24, 2.45) is 11.8 Å². The third-order valence-electron chi connectivity index (χ3n) is 6.92. The van der Waals surface area contributed by atoms with Crippen molar-refractivity contribution in [1.82, 2.24) is 19.8 Å². The van der Waals surface area contributed by atoms with Gasteiger partial charge in [-0.15, -0.1) is 0 Å². The molecular weight excluding hydrogens is 448 g/mol. The smallest absolute Gasteiger partial charge is 0.259 e. The van der Waals surface area contributed by atoms with E-state index in [0.29, 0.717) is 31.9 Å². The fourth-order valence-corrected chi connectivity index (χ4v) is 4.63. The van der Waals surface area contributed by atoms with Crippen LogP contribution < -0.4 is 4.74 Å². The summed E-state index contributed by atoms with van der Waals surface area (Å²) in [6.45, 7) is 5.63. The molecule has 2 aliphatic heterocycles. The largest absolute Gasteiger partial charge is 0.472 e. The van der Waals surface area contributed by atoms with E-state index in [1.165, 1.54) is 0 Å². The van der Waals surface area contributed by atoms with Gasteiger partial charge in [-0.2, -0.15) is 0 Å². The number of aliphatic hydroxyl groups excluding tert-OH is 1. The molecule has 1 fully saturated rings. The van der Waals surface area contributed by atoms with Gasteiger partial charge in [0.05, 0.1) is 19.2 Å². The SMILES string of the molecule is C[C@@H]1CN([C@@H](C)CO)C(=O)c2cc(-c3cccnc3)cnc2O[C@@H]1CN(C)C(=O)C1CCOCC1. The highest BCUT2D eigenvalue weighted by Crippen LogP contribution is 2.30. The van der Waals surface area contributed by atoms with Gasteiger partial charge in [0.25, 0.3) is 5.91 Å². The summed E-state index contributed by atoms with van der Waals surface area (Å²) in [6.07, 6.45) is 6.15. The van der Waals surface area contributed by atoms with Crippen molar-refractivity contribution in [3.8, 4) is 17.0 Å². The third-order valence-corrected chi connectivity index (χ3v) is 6.92. The molecule has 9 heteroatoms.